The van der Waals surface area contributed by atoms with E-state index < -0.39 is 10.0 Å². The Kier molecular flexibility index (Phi) is 6.28. The first-order valence-corrected chi connectivity index (χ1v) is 11.6. The van der Waals surface area contributed by atoms with E-state index in [1.165, 1.54) is 19.2 Å². The van der Waals surface area contributed by atoms with Gasteiger partial charge in [0.05, 0.1) is 33.7 Å². The van der Waals surface area contributed by atoms with Crippen LogP contribution in [0.25, 0.3) is 17.0 Å². The molecule has 4 rings (SSSR count). The molecule has 2 N–H and O–H groups in total. The number of pyridine rings is 1. The van der Waals surface area contributed by atoms with Crippen molar-refractivity contribution in [2.45, 2.75) is 4.90 Å². The minimum Gasteiger partial charge on any atom is -0.383 e. The highest BCUT2D eigenvalue weighted by atomic mass is 79.9. The Morgan fingerprint density at radius 1 is 1.10 bits per heavy atom. The van der Waals surface area contributed by atoms with Crippen molar-refractivity contribution in [2.24, 2.45) is 0 Å². The van der Waals surface area contributed by atoms with Crippen LogP contribution >= 0.6 is 15.9 Å². The van der Waals surface area contributed by atoms with Gasteiger partial charge in [-0.25, -0.2) is 28.1 Å². The highest BCUT2D eigenvalue weighted by molar-refractivity contribution is 9.10. The van der Waals surface area contributed by atoms with Crippen LogP contribution in [0.4, 0.5) is 11.6 Å². The number of sulfonamides is 1. The Labute approximate surface area is 187 Å². The first kappa shape index (κ1) is 21.4. The van der Waals surface area contributed by atoms with Crippen molar-refractivity contribution >= 4 is 43.2 Å². The van der Waals surface area contributed by atoms with Gasteiger partial charge in [-0.15, -0.1) is 0 Å². The van der Waals surface area contributed by atoms with Crippen molar-refractivity contribution in [1.29, 1.82) is 0 Å². The van der Waals surface area contributed by atoms with Crippen molar-refractivity contribution in [1.82, 2.24) is 24.1 Å². The molecule has 1 aromatic carbocycles. The summed E-state index contributed by atoms with van der Waals surface area (Å²) in [5.41, 5.74) is 2.97. The maximum absolute atomic E-state index is 12.3. The van der Waals surface area contributed by atoms with Crippen LogP contribution in [0.2, 0.25) is 0 Å². The Morgan fingerprint density at radius 2 is 1.90 bits per heavy atom. The number of imidazole rings is 1. The van der Waals surface area contributed by atoms with Gasteiger partial charge in [-0.2, -0.15) is 0 Å². The lowest BCUT2D eigenvalue weighted by Crippen LogP contribution is -2.27. The Bertz CT molecular complexity index is 1310. The molecule has 0 aliphatic rings. The van der Waals surface area contributed by atoms with Gasteiger partial charge in [0.15, 0.2) is 0 Å². The number of nitrogens with zero attached hydrogens (tertiary/aromatic N) is 4. The highest BCUT2D eigenvalue weighted by Gasteiger charge is 2.14. The first-order valence-electron chi connectivity index (χ1n) is 9.29. The summed E-state index contributed by atoms with van der Waals surface area (Å²) in [6.07, 6.45) is 3.40. The molecule has 0 fully saturated rings. The summed E-state index contributed by atoms with van der Waals surface area (Å²) in [5, 5.41) is 3.10. The third-order valence-corrected chi connectivity index (χ3v) is 6.51. The average molecular weight is 503 g/mol. The van der Waals surface area contributed by atoms with Gasteiger partial charge in [-0.3, -0.25) is 4.40 Å². The van der Waals surface area contributed by atoms with E-state index in [-0.39, 0.29) is 11.4 Å². The van der Waals surface area contributed by atoms with Gasteiger partial charge in [0.25, 0.3) is 0 Å². The number of benzene rings is 1. The molecule has 0 spiro atoms. The first-order chi connectivity index (χ1) is 15.0. The summed E-state index contributed by atoms with van der Waals surface area (Å²) >= 11 is 3.54. The van der Waals surface area contributed by atoms with E-state index in [4.69, 9.17) is 4.74 Å². The molecule has 9 nitrogen and oxygen atoms in total. The number of aromatic nitrogens is 4. The summed E-state index contributed by atoms with van der Waals surface area (Å²) < 4.78 is 34.7. The summed E-state index contributed by atoms with van der Waals surface area (Å²) in [7, 11) is -2.07. The van der Waals surface area contributed by atoms with E-state index in [2.05, 4.69) is 40.9 Å². The Balaban J connectivity index is 1.54. The predicted molar refractivity (Wildman–Crippen MR) is 121 cm³/mol. The molecule has 0 amide bonds. The summed E-state index contributed by atoms with van der Waals surface area (Å²) in [5.74, 6) is 0.383. The van der Waals surface area contributed by atoms with Crippen molar-refractivity contribution in [3.05, 3.63) is 65.5 Å². The molecule has 3 heterocycles. The van der Waals surface area contributed by atoms with Gasteiger partial charge in [0.2, 0.25) is 16.0 Å². The van der Waals surface area contributed by atoms with Crippen LogP contribution in [0.1, 0.15) is 0 Å². The normalized spacial score (nSPS) is 11.7. The molecule has 0 aliphatic carbocycles. The third kappa shape index (κ3) is 4.74. The van der Waals surface area contributed by atoms with Crippen LogP contribution in [0, 0.1) is 0 Å². The van der Waals surface area contributed by atoms with Crippen LogP contribution in [0.15, 0.2) is 70.4 Å². The minimum absolute atomic E-state index is 0.166. The third-order valence-electron chi connectivity index (χ3n) is 4.42. The van der Waals surface area contributed by atoms with E-state index in [1.54, 1.807) is 30.6 Å². The topological polar surface area (TPSA) is 111 Å². The van der Waals surface area contributed by atoms with E-state index in [0.717, 1.165) is 15.9 Å². The van der Waals surface area contributed by atoms with E-state index in [1.807, 2.05) is 22.6 Å². The number of rotatable bonds is 8. The van der Waals surface area contributed by atoms with Crippen LogP contribution in [0.3, 0.4) is 0 Å². The van der Waals surface area contributed by atoms with E-state index in [9.17, 15) is 8.42 Å². The summed E-state index contributed by atoms with van der Waals surface area (Å²) in [6, 6.07) is 13.9. The Hall–Kier alpha value is -2.86. The lowest BCUT2D eigenvalue weighted by atomic mass is 10.3. The van der Waals surface area contributed by atoms with Gasteiger partial charge in [-0.1, -0.05) is 6.07 Å². The highest BCUT2D eigenvalue weighted by Crippen LogP contribution is 2.24. The van der Waals surface area contributed by atoms with Gasteiger partial charge in [0.1, 0.15) is 5.65 Å². The zero-order valence-electron chi connectivity index (χ0n) is 16.5. The SMILES string of the molecule is COCCNS(=O)(=O)c1ccc(Nc2nccc(-c3cnc4cccc(Br)n34)n2)cc1. The molecule has 0 atom stereocenters. The quantitative estimate of drug-likeness (QED) is 0.281. The molecular formula is C20H19BrN6O3S. The fourth-order valence-corrected chi connectivity index (χ4v) is 4.48. The van der Waals surface area contributed by atoms with Crippen LogP contribution in [0.5, 0.6) is 0 Å². The Morgan fingerprint density at radius 3 is 2.68 bits per heavy atom. The second kappa shape index (κ2) is 9.10. The molecule has 160 valence electrons. The molecule has 11 heteroatoms. The molecule has 3 aromatic heterocycles. The van der Waals surface area contributed by atoms with Gasteiger partial charge >= 0.3 is 0 Å². The molecule has 31 heavy (non-hydrogen) atoms. The smallest absolute Gasteiger partial charge is 0.240 e. The van der Waals surface area contributed by atoms with Gasteiger partial charge < -0.3 is 10.1 Å². The van der Waals surface area contributed by atoms with Crippen LogP contribution in [-0.4, -0.2) is 48.0 Å². The fraction of sp³-hybridized carbons (Fsp3) is 0.150. The van der Waals surface area contributed by atoms with Crippen molar-refractivity contribution in [2.75, 3.05) is 25.6 Å². The van der Waals surface area contributed by atoms with Crippen molar-refractivity contribution in [3.8, 4) is 11.4 Å². The van der Waals surface area contributed by atoms with Crippen molar-refractivity contribution in [3.63, 3.8) is 0 Å². The number of ether oxygens (including phenoxy) is 1. The van der Waals surface area contributed by atoms with Gasteiger partial charge in [0, 0.05) is 25.5 Å². The molecule has 0 radical (unpaired) electrons. The monoisotopic (exact) mass is 502 g/mol. The molecule has 0 aliphatic heterocycles. The minimum atomic E-state index is -3.59. The number of fused-ring (bicyclic) bond motifs is 1. The maximum Gasteiger partial charge on any atom is 0.240 e. The number of hydrogen-bond donors (Lipinski definition) is 2. The van der Waals surface area contributed by atoms with E-state index >= 15 is 0 Å². The number of anilines is 2. The number of nitrogens with one attached hydrogen (secondary N) is 2. The van der Waals surface area contributed by atoms with Crippen molar-refractivity contribution < 1.29 is 13.2 Å². The molecule has 0 saturated carbocycles. The molecule has 0 unspecified atom stereocenters. The largest absolute Gasteiger partial charge is 0.383 e. The van der Waals surface area contributed by atoms with Crippen LogP contribution < -0.4 is 10.0 Å². The number of halogens is 1. The number of methoxy groups -OCH3 is 1. The fourth-order valence-electron chi connectivity index (χ4n) is 2.95. The number of hydrogen-bond acceptors (Lipinski definition) is 7. The second-order valence-electron chi connectivity index (χ2n) is 6.49. The average Bonchev–Trinajstić information content (AvgIpc) is 3.20. The predicted octanol–water partition coefficient (Wildman–Crippen LogP) is 3.22. The lowest BCUT2D eigenvalue weighted by molar-refractivity contribution is 0.204. The molecule has 4 aromatic rings. The summed E-state index contributed by atoms with van der Waals surface area (Å²) in [6.45, 7) is 0.508. The molecular weight excluding hydrogens is 484 g/mol. The molecule has 0 bridgehead atoms. The maximum atomic E-state index is 12.3. The summed E-state index contributed by atoms with van der Waals surface area (Å²) in [4.78, 5) is 13.4. The zero-order valence-corrected chi connectivity index (χ0v) is 18.9. The van der Waals surface area contributed by atoms with E-state index in [0.29, 0.717) is 23.9 Å². The standard InChI is InChI=1S/C20H19BrN6O3S/c1-30-12-11-24-31(28,29)15-7-5-14(6-8-15)25-20-22-10-9-16(26-20)17-13-23-19-4-2-3-18(21)27(17)19/h2-10,13,24H,11-12H2,1H3,(H,22,25,26). The van der Waals surface area contributed by atoms with Gasteiger partial charge in [-0.05, 0) is 58.4 Å². The lowest BCUT2D eigenvalue weighted by Gasteiger charge is -2.09. The van der Waals surface area contributed by atoms with Crippen LogP contribution in [-0.2, 0) is 14.8 Å². The zero-order chi connectivity index (χ0) is 21.8. The second-order valence-corrected chi connectivity index (χ2v) is 9.07. The molecule has 0 saturated heterocycles.